The van der Waals surface area contributed by atoms with Gasteiger partial charge in [-0.1, -0.05) is 37.7 Å². The van der Waals surface area contributed by atoms with Gasteiger partial charge in [0.05, 0.1) is 0 Å². The van der Waals surface area contributed by atoms with E-state index in [1.54, 1.807) is 0 Å². The zero-order valence-corrected chi connectivity index (χ0v) is 11.0. The van der Waals surface area contributed by atoms with Gasteiger partial charge in [0, 0.05) is 17.8 Å². The van der Waals surface area contributed by atoms with Crippen molar-refractivity contribution in [1.29, 1.82) is 0 Å². The second kappa shape index (κ2) is 5.85. The smallest absolute Gasteiger partial charge is 0.106 e. The molecular formula is C13H20N2S. The van der Waals surface area contributed by atoms with E-state index in [0.29, 0.717) is 10.9 Å². The summed E-state index contributed by atoms with van der Waals surface area (Å²) in [6.07, 6.45) is 1.14. The Labute approximate surface area is 103 Å². The van der Waals surface area contributed by atoms with E-state index in [1.165, 1.54) is 5.56 Å². The van der Waals surface area contributed by atoms with Gasteiger partial charge in [-0.3, -0.25) is 0 Å². The van der Waals surface area contributed by atoms with Gasteiger partial charge >= 0.3 is 0 Å². The van der Waals surface area contributed by atoms with Gasteiger partial charge in [0.2, 0.25) is 0 Å². The third-order valence-corrected chi connectivity index (χ3v) is 2.70. The molecule has 1 aromatic rings. The van der Waals surface area contributed by atoms with Gasteiger partial charge in [0.15, 0.2) is 0 Å². The average Bonchev–Trinajstić information content (AvgIpc) is 2.19. The monoisotopic (exact) mass is 236 g/mol. The van der Waals surface area contributed by atoms with Crippen molar-refractivity contribution in [2.45, 2.75) is 27.2 Å². The van der Waals surface area contributed by atoms with Crippen molar-refractivity contribution in [2.24, 2.45) is 11.7 Å². The molecule has 0 unspecified atom stereocenters. The molecular weight excluding hydrogens is 216 g/mol. The van der Waals surface area contributed by atoms with Crippen molar-refractivity contribution in [3.63, 3.8) is 0 Å². The molecule has 0 aromatic heterocycles. The maximum absolute atomic E-state index is 5.71. The molecule has 0 saturated heterocycles. The second-order valence-corrected chi connectivity index (χ2v) is 4.96. The predicted molar refractivity (Wildman–Crippen MR) is 75.0 cm³/mol. The van der Waals surface area contributed by atoms with Crippen molar-refractivity contribution in [1.82, 2.24) is 0 Å². The Bertz CT molecular complexity index is 372. The summed E-state index contributed by atoms with van der Waals surface area (Å²) in [4.78, 5) is 0.454. The van der Waals surface area contributed by atoms with Crippen LogP contribution < -0.4 is 11.1 Å². The first-order chi connectivity index (χ1) is 7.50. The van der Waals surface area contributed by atoms with Gasteiger partial charge in [-0.25, -0.2) is 0 Å². The van der Waals surface area contributed by atoms with E-state index in [4.69, 9.17) is 18.0 Å². The highest BCUT2D eigenvalue weighted by atomic mass is 32.1. The Morgan fingerprint density at radius 3 is 2.69 bits per heavy atom. The topological polar surface area (TPSA) is 38.0 Å². The number of aryl methyl sites for hydroxylation is 1. The molecule has 2 nitrogen and oxygen atoms in total. The van der Waals surface area contributed by atoms with Crippen molar-refractivity contribution >= 4 is 22.9 Å². The van der Waals surface area contributed by atoms with Crippen LogP contribution in [0, 0.1) is 12.8 Å². The summed E-state index contributed by atoms with van der Waals surface area (Å²) in [5, 5.41) is 3.39. The highest BCUT2D eigenvalue weighted by Crippen LogP contribution is 2.17. The van der Waals surface area contributed by atoms with Crippen LogP contribution in [0.25, 0.3) is 0 Å². The molecule has 0 atom stereocenters. The third-order valence-electron chi connectivity index (χ3n) is 2.48. The summed E-state index contributed by atoms with van der Waals surface area (Å²) in [6.45, 7) is 7.42. The quantitative estimate of drug-likeness (QED) is 0.772. The SMILES string of the molecule is Cc1ccc(NCCC(C)C)c(C(N)=S)c1. The normalized spacial score (nSPS) is 10.5. The van der Waals surface area contributed by atoms with Gasteiger partial charge in [-0.2, -0.15) is 0 Å². The van der Waals surface area contributed by atoms with Gasteiger partial charge < -0.3 is 11.1 Å². The second-order valence-electron chi connectivity index (χ2n) is 4.52. The summed E-state index contributed by atoms with van der Waals surface area (Å²) in [7, 11) is 0. The molecule has 0 amide bonds. The minimum atomic E-state index is 0.454. The van der Waals surface area contributed by atoms with Crippen LogP contribution >= 0.6 is 12.2 Å². The summed E-state index contributed by atoms with van der Waals surface area (Å²) >= 11 is 5.05. The summed E-state index contributed by atoms with van der Waals surface area (Å²) in [6, 6.07) is 6.14. The van der Waals surface area contributed by atoms with E-state index in [9.17, 15) is 0 Å². The van der Waals surface area contributed by atoms with Crippen LogP contribution in [0.2, 0.25) is 0 Å². The van der Waals surface area contributed by atoms with Crippen molar-refractivity contribution < 1.29 is 0 Å². The first-order valence-corrected chi connectivity index (χ1v) is 6.06. The van der Waals surface area contributed by atoms with E-state index >= 15 is 0 Å². The highest BCUT2D eigenvalue weighted by molar-refractivity contribution is 7.80. The molecule has 0 spiro atoms. The minimum Gasteiger partial charge on any atom is -0.389 e. The third kappa shape index (κ3) is 3.81. The number of nitrogens with two attached hydrogens (primary N) is 1. The average molecular weight is 236 g/mol. The number of nitrogens with one attached hydrogen (secondary N) is 1. The molecule has 3 N–H and O–H groups in total. The van der Waals surface area contributed by atoms with Crippen molar-refractivity contribution in [3.8, 4) is 0 Å². The Morgan fingerprint density at radius 2 is 2.12 bits per heavy atom. The van der Waals surface area contributed by atoms with Crippen LogP contribution in [0.5, 0.6) is 0 Å². The summed E-state index contributed by atoms with van der Waals surface area (Å²) in [5.41, 5.74) is 8.87. The van der Waals surface area contributed by atoms with Gasteiger partial charge in [-0.15, -0.1) is 0 Å². The van der Waals surface area contributed by atoms with Crippen molar-refractivity contribution in [3.05, 3.63) is 29.3 Å². The molecule has 0 aliphatic heterocycles. The number of hydrogen-bond donors (Lipinski definition) is 2. The lowest BCUT2D eigenvalue weighted by Crippen LogP contribution is -2.14. The number of hydrogen-bond acceptors (Lipinski definition) is 2. The van der Waals surface area contributed by atoms with E-state index in [2.05, 4.69) is 25.2 Å². The number of rotatable bonds is 5. The first-order valence-electron chi connectivity index (χ1n) is 5.65. The maximum atomic E-state index is 5.71. The molecule has 0 aliphatic rings. The standard InChI is InChI=1S/C13H20N2S/c1-9(2)6-7-15-12-5-4-10(3)8-11(12)13(14)16/h4-5,8-9,15H,6-7H2,1-3H3,(H2,14,16). The molecule has 0 bridgehead atoms. The van der Waals surface area contributed by atoms with Crippen LogP contribution in [-0.4, -0.2) is 11.5 Å². The fourth-order valence-corrected chi connectivity index (χ4v) is 1.68. The number of anilines is 1. The zero-order chi connectivity index (χ0) is 12.1. The molecule has 0 radical (unpaired) electrons. The van der Waals surface area contributed by atoms with E-state index < -0.39 is 0 Å². The van der Waals surface area contributed by atoms with Crippen LogP contribution in [0.15, 0.2) is 18.2 Å². The maximum Gasteiger partial charge on any atom is 0.106 e. The van der Waals surface area contributed by atoms with E-state index in [0.717, 1.165) is 24.2 Å². The fourth-order valence-electron chi connectivity index (χ4n) is 1.51. The summed E-state index contributed by atoms with van der Waals surface area (Å²) in [5.74, 6) is 0.700. The molecule has 1 aromatic carbocycles. The Hall–Kier alpha value is -1.09. The molecule has 0 heterocycles. The Morgan fingerprint density at radius 1 is 1.44 bits per heavy atom. The lowest BCUT2D eigenvalue weighted by molar-refractivity contribution is 0.607. The molecule has 1 rings (SSSR count). The molecule has 0 fully saturated rings. The largest absolute Gasteiger partial charge is 0.389 e. The molecule has 88 valence electrons. The lowest BCUT2D eigenvalue weighted by atomic mass is 10.1. The van der Waals surface area contributed by atoms with Crippen LogP contribution in [-0.2, 0) is 0 Å². The molecule has 0 saturated carbocycles. The van der Waals surface area contributed by atoms with E-state index in [-0.39, 0.29) is 0 Å². The van der Waals surface area contributed by atoms with Gasteiger partial charge in [0.1, 0.15) is 4.99 Å². The lowest BCUT2D eigenvalue weighted by Gasteiger charge is -2.13. The summed E-state index contributed by atoms with van der Waals surface area (Å²) < 4.78 is 0. The Balaban J connectivity index is 2.75. The molecule has 3 heteroatoms. The van der Waals surface area contributed by atoms with Crippen molar-refractivity contribution in [2.75, 3.05) is 11.9 Å². The minimum absolute atomic E-state index is 0.454. The van der Waals surface area contributed by atoms with Gasteiger partial charge in [0.25, 0.3) is 0 Å². The van der Waals surface area contributed by atoms with Crippen LogP contribution in [0.1, 0.15) is 31.4 Å². The van der Waals surface area contributed by atoms with E-state index in [1.807, 2.05) is 19.1 Å². The number of thiocarbonyl (C=S) groups is 1. The predicted octanol–water partition coefficient (Wildman–Crippen LogP) is 3.09. The molecule has 0 aliphatic carbocycles. The van der Waals surface area contributed by atoms with Gasteiger partial charge in [-0.05, 0) is 31.4 Å². The Kier molecular flexibility index (Phi) is 4.74. The highest BCUT2D eigenvalue weighted by Gasteiger charge is 2.05. The first kappa shape index (κ1) is 13.0. The fraction of sp³-hybridized carbons (Fsp3) is 0.462. The zero-order valence-electron chi connectivity index (χ0n) is 10.2. The molecule has 16 heavy (non-hydrogen) atoms. The number of benzene rings is 1. The van der Waals surface area contributed by atoms with Crippen LogP contribution in [0.3, 0.4) is 0 Å². The van der Waals surface area contributed by atoms with Crippen LogP contribution in [0.4, 0.5) is 5.69 Å².